The average Bonchev–Trinajstić information content (AvgIpc) is 3.03. The highest BCUT2D eigenvalue weighted by atomic mass is 16.5. The summed E-state index contributed by atoms with van der Waals surface area (Å²) in [7, 11) is 0. The molecule has 6 nitrogen and oxygen atoms in total. The fraction of sp³-hybridized carbons (Fsp3) is 0.250. The monoisotopic (exact) mass is 351 g/mol. The van der Waals surface area contributed by atoms with Gasteiger partial charge in [0.15, 0.2) is 6.10 Å². The van der Waals surface area contributed by atoms with Crippen molar-refractivity contribution in [1.29, 1.82) is 0 Å². The molecule has 1 N–H and O–H groups in total. The number of ether oxygens (including phenoxy) is 1. The van der Waals surface area contributed by atoms with Crippen molar-refractivity contribution in [1.82, 2.24) is 10.1 Å². The van der Waals surface area contributed by atoms with Crippen LogP contribution in [0.15, 0.2) is 47.0 Å². The second-order valence-electron chi connectivity index (χ2n) is 6.36. The molecule has 0 fully saturated rings. The zero-order chi connectivity index (χ0) is 18.7. The summed E-state index contributed by atoms with van der Waals surface area (Å²) in [6, 6.07) is 13.5. The predicted molar refractivity (Wildman–Crippen MR) is 99.1 cm³/mol. The molecule has 0 bridgehead atoms. The molecule has 0 radical (unpaired) electrons. The van der Waals surface area contributed by atoms with Gasteiger partial charge in [-0.2, -0.15) is 4.98 Å². The minimum Gasteiger partial charge on any atom is -0.481 e. The van der Waals surface area contributed by atoms with Gasteiger partial charge in [0.1, 0.15) is 5.75 Å². The number of aryl methyl sites for hydroxylation is 3. The molecule has 3 aromatic rings. The van der Waals surface area contributed by atoms with Gasteiger partial charge in [-0.15, -0.1) is 0 Å². The molecule has 0 aliphatic heterocycles. The van der Waals surface area contributed by atoms with Gasteiger partial charge in [-0.25, -0.2) is 0 Å². The van der Waals surface area contributed by atoms with Crippen LogP contribution in [-0.4, -0.2) is 22.2 Å². The number of nitrogens with one attached hydrogen (secondary N) is 1. The lowest BCUT2D eigenvalue weighted by atomic mass is 10.1. The maximum Gasteiger partial charge on any atom is 0.270 e. The molecule has 1 heterocycles. The van der Waals surface area contributed by atoms with Crippen molar-refractivity contribution >= 4 is 11.9 Å². The normalized spacial score (nSPS) is 11.8. The van der Waals surface area contributed by atoms with Crippen LogP contribution < -0.4 is 10.1 Å². The summed E-state index contributed by atoms with van der Waals surface area (Å²) in [5.74, 6) is 0.767. The van der Waals surface area contributed by atoms with Gasteiger partial charge in [-0.05, 0) is 68.2 Å². The molecule has 1 unspecified atom stereocenters. The summed E-state index contributed by atoms with van der Waals surface area (Å²) < 4.78 is 10.9. The van der Waals surface area contributed by atoms with Gasteiger partial charge in [0, 0.05) is 5.56 Å². The van der Waals surface area contributed by atoms with Crippen LogP contribution in [0.1, 0.15) is 23.6 Å². The second kappa shape index (κ2) is 7.39. The van der Waals surface area contributed by atoms with Crippen molar-refractivity contribution in [2.45, 2.75) is 33.8 Å². The van der Waals surface area contributed by atoms with Crippen LogP contribution in [0.4, 0.5) is 5.95 Å². The first-order valence-corrected chi connectivity index (χ1v) is 8.37. The third kappa shape index (κ3) is 4.27. The minimum atomic E-state index is -0.697. The highest BCUT2D eigenvalue weighted by Crippen LogP contribution is 2.20. The second-order valence-corrected chi connectivity index (χ2v) is 6.36. The van der Waals surface area contributed by atoms with Crippen molar-refractivity contribution in [2.24, 2.45) is 0 Å². The zero-order valence-electron chi connectivity index (χ0n) is 15.2. The number of hydrogen-bond acceptors (Lipinski definition) is 5. The summed E-state index contributed by atoms with van der Waals surface area (Å²) >= 11 is 0. The van der Waals surface area contributed by atoms with Crippen molar-refractivity contribution in [2.75, 3.05) is 5.32 Å². The number of hydrogen-bond donors (Lipinski definition) is 1. The molecule has 0 aliphatic rings. The van der Waals surface area contributed by atoms with E-state index in [0.29, 0.717) is 11.6 Å². The van der Waals surface area contributed by atoms with Crippen molar-refractivity contribution in [3.63, 3.8) is 0 Å². The molecular weight excluding hydrogens is 330 g/mol. The summed E-state index contributed by atoms with van der Waals surface area (Å²) in [5, 5.41) is 6.41. The smallest absolute Gasteiger partial charge is 0.270 e. The Hall–Kier alpha value is -3.15. The fourth-order valence-electron chi connectivity index (χ4n) is 2.56. The average molecular weight is 351 g/mol. The fourth-order valence-corrected chi connectivity index (χ4v) is 2.56. The number of anilines is 1. The van der Waals surface area contributed by atoms with Crippen LogP contribution in [-0.2, 0) is 4.79 Å². The van der Waals surface area contributed by atoms with Crippen molar-refractivity contribution in [3.8, 4) is 17.2 Å². The molecule has 0 saturated heterocycles. The van der Waals surface area contributed by atoms with Crippen LogP contribution in [0.5, 0.6) is 5.75 Å². The van der Waals surface area contributed by atoms with Gasteiger partial charge < -0.3 is 9.26 Å². The summed E-state index contributed by atoms with van der Waals surface area (Å²) in [5.41, 5.74) is 4.09. The van der Waals surface area contributed by atoms with Gasteiger partial charge in [0.25, 0.3) is 17.7 Å². The molecule has 0 spiro atoms. The highest BCUT2D eigenvalue weighted by Gasteiger charge is 2.18. The lowest BCUT2D eigenvalue weighted by molar-refractivity contribution is -0.122. The van der Waals surface area contributed by atoms with Gasteiger partial charge in [0.2, 0.25) is 0 Å². The first kappa shape index (κ1) is 17.7. The molecule has 1 amide bonds. The number of aromatic nitrogens is 2. The van der Waals surface area contributed by atoms with E-state index in [0.717, 1.165) is 22.3 Å². The standard InChI is InChI=1S/C20H21N3O3/c1-12-5-7-16(8-6-12)19-22-20(23-26-19)21-18(24)15(4)25-17-10-13(2)9-14(3)11-17/h5-11,15H,1-4H3,(H,21,23,24). The molecule has 1 aromatic heterocycles. The van der Waals surface area contributed by atoms with E-state index in [9.17, 15) is 4.79 Å². The SMILES string of the molecule is Cc1ccc(-c2nc(NC(=O)C(C)Oc3cc(C)cc(C)c3)no2)cc1. The van der Waals surface area contributed by atoms with Crippen LogP contribution in [0.3, 0.4) is 0 Å². The number of carbonyl (C=O) groups is 1. The van der Waals surface area contributed by atoms with E-state index < -0.39 is 6.10 Å². The molecule has 0 saturated carbocycles. The molecule has 1 atom stereocenters. The van der Waals surface area contributed by atoms with Crippen molar-refractivity contribution < 1.29 is 14.1 Å². The Morgan fingerprint density at radius 1 is 1.04 bits per heavy atom. The topological polar surface area (TPSA) is 77.2 Å². The van der Waals surface area contributed by atoms with E-state index in [4.69, 9.17) is 9.26 Å². The first-order valence-electron chi connectivity index (χ1n) is 8.37. The van der Waals surface area contributed by atoms with Crippen LogP contribution in [0.25, 0.3) is 11.5 Å². The van der Waals surface area contributed by atoms with E-state index in [1.165, 1.54) is 0 Å². The Balaban J connectivity index is 1.65. The molecule has 3 rings (SSSR count). The van der Waals surface area contributed by atoms with Gasteiger partial charge >= 0.3 is 0 Å². The maximum atomic E-state index is 12.3. The Labute approximate surface area is 152 Å². The largest absolute Gasteiger partial charge is 0.481 e. The summed E-state index contributed by atoms with van der Waals surface area (Å²) in [6.07, 6.45) is -0.697. The van der Waals surface area contributed by atoms with E-state index >= 15 is 0 Å². The molecular formula is C20H21N3O3. The third-order valence-electron chi connectivity index (χ3n) is 3.84. The molecule has 0 aliphatic carbocycles. The minimum absolute atomic E-state index is 0.112. The third-order valence-corrected chi connectivity index (χ3v) is 3.84. The van der Waals surface area contributed by atoms with Crippen molar-refractivity contribution in [3.05, 3.63) is 59.2 Å². The Kier molecular flexibility index (Phi) is 5.02. The summed E-state index contributed by atoms with van der Waals surface area (Å²) in [6.45, 7) is 7.64. The lowest BCUT2D eigenvalue weighted by Gasteiger charge is -2.14. The molecule has 6 heteroatoms. The predicted octanol–water partition coefficient (Wildman–Crippen LogP) is 4.07. The molecule has 2 aromatic carbocycles. The van der Waals surface area contributed by atoms with Gasteiger partial charge in [0.05, 0.1) is 0 Å². The van der Waals surface area contributed by atoms with Crippen LogP contribution in [0.2, 0.25) is 0 Å². The number of carbonyl (C=O) groups excluding carboxylic acids is 1. The van der Waals surface area contributed by atoms with Crippen LogP contribution in [0, 0.1) is 20.8 Å². The Morgan fingerprint density at radius 3 is 2.35 bits per heavy atom. The Morgan fingerprint density at radius 2 is 1.69 bits per heavy atom. The molecule has 134 valence electrons. The van der Waals surface area contributed by atoms with Gasteiger partial charge in [-0.3, -0.25) is 10.1 Å². The van der Waals surface area contributed by atoms with E-state index in [1.54, 1.807) is 6.92 Å². The quantitative estimate of drug-likeness (QED) is 0.750. The maximum absolute atomic E-state index is 12.3. The first-order chi connectivity index (χ1) is 12.4. The Bertz CT molecular complexity index is 896. The van der Waals surface area contributed by atoms with E-state index in [1.807, 2.05) is 63.2 Å². The van der Waals surface area contributed by atoms with Crippen LogP contribution >= 0.6 is 0 Å². The van der Waals surface area contributed by atoms with Gasteiger partial charge in [-0.1, -0.05) is 23.8 Å². The lowest BCUT2D eigenvalue weighted by Crippen LogP contribution is -2.30. The number of benzene rings is 2. The van der Waals surface area contributed by atoms with E-state index in [-0.39, 0.29) is 11.9 Å². The summed E-state index contributed by atoms with van der Waals surface area (Å²) in [4.78, 5) is 16.5. The number of rotatable bonds is 5. The van der Waals surface area contributed by atoms with E-state index in [2.05, 4.69) is 15.5 Å². The number of amides is 1. The molecule has 26 heavy (non-hydrogen) atoms. The highest BCUT2D eigenvalue weighted by molar-refractivity contribution is 5.92. The number of nitrogens with zero attached hydrogens (tertiary/aromatic N) is 2. The zero-order valence-corrected chi connectivity index (χ0v) is 15.2.